The van der Waals surface area contributed by atoms with Crippen molar-refractivity contribution in [1.82, 2.24) is 5.16 Å². The van der Waals surface area contributed by atoms with E-state index in [2.05, 4.69) is 10.5 Å². The van der Waals surface area contributed by atoms with Crippen LogP contribution in [0.3, 0.4) is 0 Å². The number of rotatable bonds is 2. The highest BCUT2D eigenvalue weighted by molar-refractivity contribution is 6.04. The van der Waals surface area contributed by atoms with E-state index in [0.29, 0.717) is 17.0 Å². The summed E-state index contributed by atoms with van der Waals surface area (Å²) in [5.74, 6) is -0.489. The topological polar surface area (TPSA) is 81.2 Å². The SMILES string of the molecule is Cc1oncc1C(=O)Nc1ccc(F)c(N)c1.Cl. The van der Waals surface area contributed by atoms with Gasteiger partial charge >= 0.3 is 0 Å². The first kappa shape index (κ1) is 14.0. The van der Waals surface area contributed by atoms with Crippen molar-refractivity contribution in [2.75, 3.05) is 11.1 Å². The van der Waals surface area contributed by atoms with Gasteiger partial charge in [-0.15, -0.1) is 12.4 Å². The number of halogens is 2. The standard InChI is InChI=1S/C11H10FN3O2.ClH/c1-6-8(5-14-17-6)11(16)15-7-2-3-9(12)10(13)4-7;/h2-5H,13H2,1H3,(H,15,16);1H. The first-order chi connectivity index (χ1) is 8.08. The molecule has 3 N–H and O–H groups in total. The highest BCUT2D eigenvalue weighted by atomic mass is 35.5. The summed E-state index contributed by atoms with van der Waals surface area (Å²) in [6.07, 6.45) is 1.32. The number of nitrogens with one attached hydrogen (secondary N) is 1. The predicted molar refractivity (Wildman–Crippen MR) is 67.3 cm³/mol. The number of carbonyl (C=O) groups excluding carboxylic acids is 1. The smallest absolute Gasteiger partial charge is 0.260 e. The maximum Gasteiger partial charge on any atom is 0.260 e. The third-order valence-corrected chi connectivity index (χ3v) is 2.25. The Morgan fingerprint density at radius 1 is 1.50 bits per heavy atom. The van der Waals surface area contributed by atoms with Crippen molar-refractivity contribution >= 4 is 29.7 Å². The van der Waals surface area contributed by atoms with Crippen LogP contribution in [0.2, 0.25) is 0 Å². The average molecular weight is 272 g/mol. The summed E-state index contributed by atoms with van der Waals surface area (Å²) in [4.78, 5) is 11.7. The molecule has 1 aromatic carbocycles. The van der Waals surface area contributed by atoms with Gasteiger partial charge in [0.15, 0.2) is 0 Å². The van der Waals surface area contributed by atoms with Crippen LogP contribution < -0.4 is 11.1 Å². The molecule has 1 amide bonds. The van der Waals surface area contributed by atoms with E-state index in [4.69, 9.17) is 10.3 Å². The normalized spacial score (nSPS) is 9.67. The fourth-order valence-electron chi connectivity index (χ4n) is 1.34. The summed E-state index contributed by atoms with van der Waals surface area (Å²) in [5, 5.41) is 6.06. The van der Waals surface area contributed by atoms with Gasteiger partial charge in [0.2, 0.25) is 0 Å². The minimum atomic E-state index is -0.524. The molecule has 0 spiro atoms. The number of hydrogen-bond acceptors (Lipinski definition) is 4. The van der Waals surface area contributed by atoms with Crippen molar-refractivity contribution in [2.45, 2.75) is 6.92 Å². The van der Waals surface area contributed by atoms with Crippen LogP contribution in [0.1, 0.15) is 16.1 Å². The Morgan fingerprint density at radius 3 is 2.78 bits per heavy atom. The molecule has 0 saturated carbocycles. The molecule has 1 heterocycles. The lowest BCUT2D eigenvalue weighted by molar-refractivity contribution is 0.102. The summed E-state index contributed by atoms with van der Waals surface area (Å²) in [7, 11) is 0. The number of anilines is 2. The maximum atomic E-state index is 12.9. The number of carbonyl (C=O) groups is 1. The van der Waals surface area contributed by atoms with Gasteiger partial charge in [0.25, 0.3) is 5.91 Å². The van der Waals surface area contributed by atoms with Crippen LogP contribution >= 0.6 is 12.4 Å². The summed E-state index contributed by atoms with van der Waals surface area (Å²) in [6.45, 7) is 1.63. The lowest BCUT2D eigenvalue weighted by Gasteiger charge is -2.05. The number of amides is 1. The molecule has 0 radical (unpaired) electrons. The second kappa shape index (κ2) is 5.50. The van der Waals surface area contributed by atoms with E-state index < -0.39 is 5.82 Å². The van der Waals surface area contributed by atoms with Gasteiger partial charge < -0.3 is 15.6 Å². The summed E-state index contributed by atoms with van der Waals surface area (Å²) >= 11 is 0. The molecule has 2 rings (SSSR count). The van der Waals surface area contributed by atoms with Crippen molar-refractivity contribution in [3.05, 3.63) is 41.5 Å². The van der Waals surface area contributed by atoms with Gasteiger partial charge in [-0.25, -0.2) is 4.39 Å². The summed E-state index contributed by atoms with van der Waals surface area (Å²) in [5.41, 5.74) is 6.10. The van der Waals surface area contributed by atoms with E-state index >= 15 is 0 Å². The molecule has 5 nitrogen and oxygen atoms in total. The highest BCUT2D eigenvalue weighted by Crippen LogP contribution is 2.17. The number of nitrogens with zero attached hydrogens (tertiary/aromatic N) is 1. The Morgan fingerprint density at radius 2 is 2.22 bits per heavy atom. The molecule has 0 saturated heterocycles. The second-order valence-corrected chi connectivity index (χ2v) is 3.49. The largest absolute Gasteiger partial charge is 0.396 e. The van der Waals surface area contributed by atoms with Crippen LogP contribution in [-0.4, -0.2) is 11.1 Å². The van der Waals surface area contributed by atoms with Gasteiger partial charge in [-0.3, -0.25) is 4.79 Å². The van der Waals surface area contributed by atoms with E-state index in [-0.39, 0.29) is 24.0 Å². The van der Waals surface area contributed by atoms with Crippen molar-refractivity contribution in [3.8, 4) is 0 Å². The molecule has 0 unspecified atom stereocenters. The molecule has 96 valence electrons. The van der Waals surface area contributed by atoms with Crippen LogP contribution in [-0.2, 0) is 0 Å². The van der Waals surface area contributed by atoms with Crippen LogP contribution in [0.25, 0.3) is 0 Å². The quantitative estimate of drug-likeness (QED) is 0.822. The van der Waals surface area contributed by atoms with Crippen LogP contribution in [0, 0.1) is 12.7 Å². The molecular formula is C11H11ClFN3O2. The molecule has 7 heteroatoms. The monoisotopic (exact) mass is 271 g/mol. The molecule has 0 aliphatic carbocycles. The third-order valence-electron chi connectivity index (χ3n) is 2.25. The minimum absolute atomic E-state index is 0. The van der Waals surface area contributed by atoms with Gasteiger partial charge in [0.05, 0.1) is 11.9 Å². The second-order valence-electron chi connectivity index (χ2n) is 3.49. The van der Waals surface area contributed by atoms with Gasteiger partial charge in [-0.05, 0) is 25.1 Å². The van der Waals surface area contributed by atoms with Gasteiger partial charge in [-0.1, -0.05) is 5.16 Å². The lowest BCUT2D eigenvalue weighted by atomic mass is 10.2. The van der Waals surface area contributed by atoms with E-state index in [1.54, 1.807) is 6.92 Å². The molecule has 0 aliphatic rings. The molecule has 2 aromatic rings. The van der Waals surface area contributed by atoms with Crippen LogP contribution in [0.4, 0.5) is 15.8 Å². The summed E-state index contributed by atoms with van der Waals surface area (Å²) in [6, 6.07) is 3.95. The van der Waals surface area contributed by atoms with Crippen molar-refractivity contribution in [1.29, 1.82) is 0 Å². The van der Waals surface area contributed by atoms with E-state index in [1.807, 2.05) is 0 Å². The molecular weight excluding hydrogens is 261 g/mol. The fraction of sp³-hybridized carbons (Fsp3) is 0.0909. The van der Waals surface area contributed by atoms with Gasteiger partial charge in [0, 0.05) is 5.69 Å². The summed E-state index contributed by atoms with van der Waals surface area (Å²) < 4.78 is 17.7. The van der Waals surface area contributed by atoms with Crippen LogP contribution in [0.15, 0.2) is 28.9 Å². The third kappa shape index (κ3) is 2.78. The maximum absolute atomic E-state index is 12.9. The number of aryl methyl sites for hydroxylation is 1. The molecule has 0 bridgehead atoms. The van der Waals surface area contributed by atoms with Gasteiger partial charge in [-0.2, -0.15) is 0 Å². The van der Waals surface area contributed by atoms with Crippen molar-refractivity contribution in [3.63, 3.8) is 0 Å². The number of nitrogens with two attached hydrogens (primary N) is 1. The Balaban J connectivity index is 0.00000162. The number of benzene rings is 1. The molecule has 0 fully saturated rings. The van der Waals surface area contributed by atoms with Crippen molar-refractivity contribution < 1.29 is 13.7 Å². The van der Waals surface area contributed by atoms with E-state index in [9.17, 15) is 9.18 Å². The molecule has 0 aliphatic heterocycles. The Kier molecular flexibility index (Phi) is 4.28. The average Bonchev–Trinajstić information content (AvgIpc) is 2.70. The number of hydrogen-bond donors (Lipinski definition) is 2. The Bertz CT molecular complexity index is 571. The van der Waals surface area contributed by atoms with E-state index in [0.717, 1.165) is 0 Å². The van der Waals surface area contributed by atoms with Crippen LogP contribution in [0.5, 0.6) is 0 Å². The molecule has 18 heavy (non-hydrogen) atoms. The first-order valence-corrected chi connectivity index (χ1v) is 4.85. The first-order valence-electron chi connectivity index (χ1n) is 4.85. The molecule has 1 aromatic heterocycles. The zero-order valence-corrected chi connectivity index (χ0v) is 10.3. The predicted octanol–water partition coefficient (Wildman–Crippen LogP) is 2.38. The van der Waals surface area contributed by atoms with Gasteiger partial charge in [0.1, 0.15) is 17.1 Å². The molecule has 0 atom stereocenters. The Labute approximate surface area is 109 Å². The highest BCUT2D eigenvalue weighted by Gasteiger charge is 2.13. The minimum Gasteiger partial charge on any atom is -0.396 e. The lowest BCUT2D eigenvalue weighted by Crippen LogP contribution is -2.12. The zero-order valence-electron chi connectivity index (χ0n) is 9.44. The Hall–Kier alpha value is -2.08. The number of aromatic nitrogens is 1. The van der Waals surface area contributed by atoms with Crippen molar-refractivity contribution in [2.24, 2.45) is 0 Å². The zero-order chi connectivity index (χ0) is 12.4. The van der Waals surface area contributed by atoms with E-state index in [1.165, 1.54) is 24.4 Å². The fourth-order valence-corrected chi connectivity index (χ4v) is 1.34. The number of nitrogen functional groups attached to an aromatic ring is 1.